The summed E-state index contributed by atoms with van der Waals surface area (Å²) in [5.74, 6) is -2.04. The Kier molecular flexibility index (Phi) is 7.66. The van der Waals surface area contributed by atoms with Gasteiger partial charge in [0.15, 0.2) is 0 Å². The molecular formula is C24H18Cl2F3NO3. The molecule has 1 atom stereocenters. The zero-order valence-electron chi connectivity index (χ0n) is 17.0. The molecule has 0 heterocycles. The third-order valence-corrected chi connectivity index (χ3v) is 5.51. The Labute approximate surface area is 198 Å². The van der Waals surface area contributed by atoms with Crippen molar-refractivity contribution in [1.82, 2.24) is 4.90 Å². The van der Waals surface area contributed by atoms with Gasteiger partial charge in [-0.2, -0.15) is 13.2 Å². The lowest BCUT2D eigenvalue weighted by atomic mass is 10.0. The second kappa shape index (κ2) is 10.3. The molecule has 0 radical (unpaired) electrons. The number of alkyl halides is 3. The monoisotopic (exact) mass is 495 g/mol. The highest BCUT2D eigenvalue weighted by Gasteiger charge is 2.33. The summed E-state index contributed by atoms with van der Waals surface area (Å²) in [5, 5.41) is 10.2. The number of rotatable bonds is 7. The van der Waals surface area contributed by atoms with E-state index in [9.17, 15) is 27.9 Å². The van der Waals surface area contributed by atoms with Crippen molar-refractivity contribution in [3.8, 4) is 0 Å². The molecule has 0 saturated carbocycles. The number of hydrogen-bond donors (Lipinski definition) is 1. The van der Waals surface area contributed by atoms with Crippen molar-refractivity contribution in [1.29, 1.82) is 0 Å². The Morgan fingerprint density at radius 3 is 2.18 bits per heavy atom. The Morgan fingerprint density at radius 2 is 1.58 bits per heavy atom. The van der Waals surface area contributed by atoms with Crippen molar-refractivity contribution >= 4 is 35.1 Å². The quantitative estimate of drug-likeness (QED) is 0.415. The minimum Gasteiger partial charge on any atom is -0.480 e. The highest BCUT2D eigenvalue weighted by Crippen LogP contribution is 2.30. The van der Waals surface area contributed by atoms with Gasteiger partial charge in [-0.15, -0.1) is 0 Å². The van der Waals surface area contributed by atoms with Crippen LogP contribution in [0.5, 0.6) is 0 Å². The molecule has 3 aromatic rings. The van der Waals surface area contributed by atoms with Crippen molar-refractivity contribution in [3.63, 3.8) is 0 Å². The molecule has 33 heavy (non-hydrogen) atoms. The van der Waals surface area contributed by atoms with E-state index in [0.717, 1.165) is 17.0 Å². The maximum absolute atomic E-state index is 13.4. The van der Waals surface area contributed by atoms with E-state index in [1.807, 2.05) is 0 Å². The summed E-state index contributed by atoms with van der Waals surface area (Å²) >= 11 is 12.1. The molecule has 1 amide bonds. The fourth-order valence-electron chi connectivity index (χ4n) is 3.35. The Balaban J connectivity index is 2.04. The Hall–Kier alpha value is -3.03. The number of carbonyl (C=O) groups excluding carboxylic acids is 1. The highest BCUT2D eigenvalue weighted by atomic mass is 35.5. The van der Waals surface area contributed by atoms with Gasteiger partial charge in [0.05, 0.1) is 16.1 Å². The zero-order chi connectivity index (χ0) is 24.2. The second-order valence-corrected chi connectivity index (χ2v) is 8.14. The number of carboxylic acids is 1. The van der Waals surface area contributed by atoms with Crippen LogP contribution in [0.25, 0.3) is 0 Å². The first-order valence-electron chi connectivity index (χ1n) is 9.75. The van der Waals surface area contributed by atoms with Crippen LogP contribution in [0.2, 0.25) is 10.0 Å². The van der Waals surface area contributed by atoms with E-state index in [0.29, 0.717) is 5.56 Å². The van der Waals surface area contributed by atoms with Crippen LogP contribution in [0, 0.1) is 0 Å². The maximum atomic E-state index is 13.4. The summed E-state index contributed by atoms with van der Waals surface area (Å²) in [5.41, 5.74) is -0.129. The van der Waals surface area contributed by atoms with Crippen LogP contribution >= 0.6 is 23.2 Å². The number of hydrogen-bond acceptors (Lipinski definition) is 2. The van der Waals surface area contributed by atoms with Gasteiger partial charge in [0.1, 0.15) is 6.04 Å². The van der Waals surface area contributed by atoms with Crippen molar-refractivity contribution in [2.45, 2.75) is 25.2 Å². The molecule has 0 saturated heterocycles. The van der Waals surface area contributed by atoms with Gasteiger partial charge in [-0.3, -0.25) is 4.79 Å². The van der Waals surface area contributed by atoms with Gasteiger partial charge < -0.3 is 10.0 Å². The molecule has 0 aromatic heterocycles. The van der Waals surface area contributed by atoms with Gasteiger partial charge in [-0.05, 0) is 41.5 Å². The van der Waals surface area contributed by atoms with Crippen LogP contribution in [0.1, 0.15) is 27.0 Å². The van der Waals surface area contributed by atoms with E-state index in [2.05, 4.69) is 0 Å². The number of benzene rings is 3. The van der Waals surface area contributed by atoms with Crippen LogP contribution < -0.4 is 0 Å². The standard InChI is InChI=1S/C24H18Cl2F3NO3/c25-18-9-10-19(20(26)13-18)22(31)30(14-16-7-4-8-17(11-16)24(27,28)29)21(23(32)33)12-15-5-2-1-3-6-15/h1-11,13,21H,12,14H2,(H,32,33). The maximum Gasteiger partial charge on any atom is 0.416 e. The first kappa shape index (κ1) is 24.6. The fraction of sp³-hybridized carbons (Fsp3) is 0.167. The number of carbonyl (C=O) groups is 2. The second-order valence-electron chi connectivity index (χ2n) is 7.30. The molecule has 0 aliphatic carbocycles. The average Bonchev–Trinajstić information content (AvgIpc) is 2.76. The van der Waals surface area contributed by atoms with E-state index in [1.165, 1.54) is 30.3 Å². The molecule has 0 aliphatic heterocycles. The van der Waals surface area contributed by atoms with Crippen LogP contribution in [0.3, 0.4) is 0 Å². The molecule has 0 bridgehead atoms. The summed E-state index contributed by atoms with van der Waals surface area (Å²) in [7, 11) is 0. The lowest BCUT2D eigenvalue weighted by Crippen LogP contribution is -2.46. The van der Waals surface area contributed by atoms with E-state index in [-0.39, 0.29) is 34.1 Å². The Bertz CT molecular complexity index is 1150. The van der Waals surface area contributed by atoms with E-state index in [4.69, 9.17) is 23.2 Å². The molecule has 4 nitrogen and oxygen atoms in total. The third kappa shape index (κ3) is 6.27. The van der Waals surface area contributed by atoms with Gasteiger partial charge in [0.2, 0.25) is 0 Å². The molecule has 1 unspecified atom stereocenters. The van der Waals surface area contributed by atoms with Crippen molar-refractivity contribution in [2.75, 3.05) is 0 Å². The smallest absolute Gasteiger partial charge is 0.416 e. The average molecular weight is 496 g/mol. The topological polar surface area (TPSA) is 57.6 Å². The minimum atomic E-state index is -4.58. The first-order valence-corrected chi connectivity index (χ1v) is 10.5. The summed E-state index contributed by atoms with van der Waals surface area (Å²) in [6.07, 6.45) is -4.63. The van der Waals surface area contributed by atoms with Gasteiger partial charge in [0.25, 0.3) is 5.91 Å². The Morgan fingerprint density at radius 1 is 0.909 bits per heavy atom. The van der Waals surface area contributed by atoms with E-state index >= 15 is 0 Å². The minimum absolute atomic E-state index is 0.00499. The lowest BCUT2D eigenvalue weighted by molar-refractivity contribution is -0.142. The van der Waals surface area contributed by atoms with Gasteiger partial charge in [-0.1, -0.05) is 65.7 Å². The summed E-state index contributed by atoms with van der Waals surface area (Å²) in [6, 6.07) is 15.8. The van der Waals surface area contributed by atoms with E-state index in [1.54, 1.807) is 30.3 Å². The van der Waals surface area contributed by atoms with Gasteiger partial charge >= 0.3 is 12.1 Å². The summed E-state index contributed by atoms with van der Waals surface area (Å²) in [6.45, 7) is -0.370. The zero-order valence-corrected chi connectivity index (χ0v) is 18.5. The SMILES string of the molecule is O=C(O)C(Cc1ccccc1)N(Cc1cccc(C(F)(F)F)c1)C(=O)c1ccc(Cl)cc1Cl. The van der Waals surface area contributed by atoms with Crippen molar-refractivity contribution < 1.29 is 27.9 Å². The first-order chi connectivity index (χ1) is 15.6. The van der Waals surface area contributed by atoms with Gasteiger partial charge in [-0.25, -0.2) is 4.79 Å². The van der Waals surface area contributed by atoms with Gasteiger partial charge in [0, 0.05) is 18.0 Å². The van der Waals surface area contributed by atoms with Crippen LogP contribution in [-0.2, 0) is 23.9 Å². The largest absolute Gasteiger partial charge is 0.480 e. The fourth-order valence-corrected chi connectivity index (χ4v) is 3.84. The summed E-state index contributed by atoms with van der Waals surface area (Å²) < 4.78 is 39.6. The molecule has 0 spiro atoms. The van der Waals surface area contributed by atoms with E-state index < -0.39 is 29.7 Å². The van der Waals surface area contributed by atoms with Crippen LogP contribution in [-0.4, -0.2) is 27.9 Å². The summed E-state index contributed by atoms with van der Waals surface area (Å²) in [4.78, 5) is 26.6. The molecule has 3 aromatic carbocycles. The predicted octanol–water partition coefficient (Wildman–Crippen LogP) is 6.35. The molecule has 9 heteroatoms. The normalized spacial score (nSPS) is 12.3. The number of aliphatic carboxylic acids is 1. The highest BCUT2D eigenvalue weighted by molar-refractivity contribution is 6.36. The van der Waals surface area contributed by atoms with Crippen molar-refractivity contribution in [2.24, 2.45) is 0 Å². The van der Waals surface area contributed by atoms with Crippen LogP contribution in [0.4, 0.5) is 13.2 Å². The van der Waals surface area contributed by atoms with Crippen molar-refractivity contribution in [3.05, 3.63) is 105 Å². The number of carboxylic acid groups (broad SMARTS) is 1. The molecule has 3 rings (SSSR count). The molecular weight excluding hydrogens is 478 g/mol. The third-order valence-electron chi connectivity index (χ3n) is 4.96. The molecule has 0 fully saturated rings. The number of halogens is 5. The number of amides is 1. The molecule has 172 valence electrons. The van der Waals surface area contributed by atoms with Crippen LogP contribution in [0.15, 0.2) is 72.8 Å². The molecule has 1 N–H and O–H groups in total. The predicted molar refractivity (Wildman–Crippen MR) is 119 cm³/mol. The molecule has 0 aliphatic rings. The lowest BCUT2D eigenvalue weighted by Gasteiger charge is -2.30. The number of nitrogens with zero attached hydrogens (tertiary/aromatic N) is 1.